The summed E-state index contributed by atoms with van der Waals surface area (Å²) in [5.41, 5.74) is 2.35. The van der Waals surface area contributed by atoms with Crippen LogP contribution in [0.25, 0.3) is 0 Å². The van der Waals surface area contributed by atoms with Gasteiger partial charge in [0.2, 0.25) is 5.91 Å². The van der Waals surface area contributed by atoms with Crippen LogP contribution in [0, 0.1) is 6.92 Å². The molecule has 1 amide bonds. The molecule has 0 saturated carbocycles. The van der Waals surface area contributed by atoms with Gasteiger partial charge in [-0.2, -0.15) is 0 Å². The molecular weight excluding hydrogens is 252 g/mol. The fourth-order valence-corrected chi connectivity index (χ4v) is 1.89. The SMILES string of the molecule is COCCCN(C)C(C)C(=O)NCc1ccc(C)cc1. The number of benzene rings is 1. The molecule has 0 aliphatic heterocycles. The number of hydrogen-bond acceptors (Lipinski definition) is 3. The van der Waals surface area contributed by atoms with Crippen molar-refractivity contribution >= 4 is 5.91 Å². The van der Waals surface area contributed by atoms with E-state index in [0.29, 0.717) is 6.54 Å². The number of methoxy groups -OCH3 is 1. The van der Waals surface area contributed by atoms with E-state index < -0.39 is 0 Å². The molecule has 0 aromatic heterocycles. The standard InChI is InChI=1S/C16H26N2O2/c1-13-6-8-15(9-7-13)12-17-16(19)14(2)18(3)10-5-11-20-4/h6-9,14H,5,10-12H2,1-4H3,(H,17,19). The van der Waals surface area contributed by atoms with Gasteiger partial charge in [0.15, 0.2) is 0 Å². The summed E-state index contributed by atoms with van der Waals surface area (Å²) < 4.78 is 5.02. The van der Waals surface area contributed by atoms with E-state index in [4.69, 9.17) is 4.74 Å². The Kier molecular flexibility index (Phi) is 7.26. The Labute approximate surface area is 122 Å². The van der Waals surface area contributed by atoms with Crippen LogP contribution in [0.2, 0.25) is 0 Å². The third-order valence-corrected chi connectivity index (χ3v) is 3.49. The zero-order valence-corrected chi connectivity index (χ0v) is 13.0. The van der Waals surface area contributed by atoms with Gasteiger partial charge >= 0.3 is 0 Å². The van der Waals surface area contributed by atoms with Crippen molar-refractivity contribution in [1.29, 1.82) is 0 Å². The molecule has 0 aliphatic carbocycles. The lowest BCUT2D eigenvalue weighted by atomic mass is 10.1. The quantitative estimate of drug-likeness (QED) is 0.739. The summed E-state index contributed by atoms with van der Waals surface area (Å²) in [6.45, 7) is 6.14. The lowest BCUT2D eigenvalue weighted by Gasteiger charge is -2.23. The zero-order valence-electron chi connectivity index (χ0n) is 13.0. The molecule has 4 nitrogen and oxygen atoms in total. The van der Waals surface area contributed by atoms with E-state index in [2.05, 4.69) is 24.4 Å². The minimum Gasteiger partial charge on any atom is -0.385 e. The molecule has 1 aromatic carbocycles. The van der Waals surface area contributed by atoms with Crippen molar-refractivity contribution in [3.8, 4) is 0 Å². The molecule has 1 unspecified atom stereocenters. The first-order chi connectivity index (χ1) is 9.54. The Bertz CT molecular complexity index is 403. The lowest BCUT2D eigenvalue weighted by molar-refractivity contribution is -0.125. The van der Waals surface area contributed by atoms with E-state index in [0.717, 1.165) is 25.1 Å². The fraction of sp³-hybridized carbons (Fsp3) is 0.562. The largest absolute Gasteiger partial charge is 0.385 e. The van der Waals surface area contributed by atoms with Gasteiger partial charge in [-0.05, 0) is 32.9 Å². The third kappa shape index (κ3) is 5.72. The van der Waals surface area contributed by atoms with Crippen molar-refractivity contribution in [2.45, 2.75) is 32.9 Å². The molecule has 1 atom stereocenters. The van der Waals surface area contributed by atoms with Crippen LogP contribution in [0.5, 0.6) is 0 Å². The van der Waals surface area contributed by atoms with Crippen LogP contribution < -0.4 is 5.32 Å². The van der Waals surface area contributed by atoms with Crippen LogP contribution in [-0.4, -0.2) is 44.2 Å². The van der Waals surface area contributed by atoms with Gasteiger partial charge in [-0.25, -0.2) is 0 Å². The van der Waals surface area contributed by atoms with Gasteiger partial charge < -0.3 is 10.1 Å². The molecule has 0 radical (unpaired) electrons. The van der Waals surface area contributed by atoms with Crippen molar-refractivity contribution in [2.24, 2.45) is 0 Å². The second-order valence-electron chi connectivity index (χ2n) is 5.21. The number of likely N-dealkylation sites (N-methyl/N-ethyl adjacent to an activating group) is 1. The second-order valence-corrected chi connectivity index (χ2v) is 5.21. The molecule has 0 spiro atoms. The Hall–Kier alpha value is -1.39. The molecule has 20 heavy (non-hydrogen) atoms. The first kappa shape index (κ1) is 16.7. The molecule has 1 N–H and O–H groups in total. The highest BCUT2D eigenvalue weighted by atomic mass is 16.5. The van der Waals surface area contributed by atoms with E-state index in [1.807, 2.05) is 31.0 Å². The average molecular weight is 278 g/mol. The maximum Gasteiger partial charge on any atom is 0.237 e. The van der Waals surface area contributed by atoms with E-state index in [-0.39, 0.29) is 11.9 Å². The summed E-state index contributed by atoms with van der Waals surface area (Å²) in [5.74, 6) is 0.0606. The van der Waals surface area contributed by atoms with Gasteiger partial charge in [0.1, 0.15) is 0 Å². The summed E-state index contributed by atoms with van der Waals surface area (Å²) in [7, 11) is 3.66. The minimum absolute atomic E-state index is 0.0606. The second kappa shape index (κ2) is 8.72. The third-order valence-electron chi connectivity index (χ3n) is 3.49. The van der Waals surface area contributed by atoms with E-state index in [9.17, 15) is 4.79 Å². The van der Waals surface area contributed by atoms with Gasteiger partial charge in [-0.15, -0.1) is 0 Å². The number of aryl methyl sites for hydroxylation is 1. The number of ether oxygens (including phenoxy) is 1. The van der Waals surface area contributed by atoms with E-state index >= 15 is 0 Å². The fourth-order valence-electron chi connectivity index (χ4n) is 1.89. The van der Waals surface area contributed by atoms with Crippen molar-refractivity contribution in [3.05, 3.63) is 35.4 Å². The van der Waals surface area contributed by atoms with Crippen molar-refractivity contribution < 1.29 is 9.53 Å². The van der Waals surface area contributed by atoms with Crippen LogP contribution >= 0.6 is 0 Å². The number of nitrogens with zero attached hydrogens (tertiary/aromatic N) is 1. The first-order valence-electron chi connectivity index (χ1n) is 7.07. The molecule has 0 saturated heterocycles. The Morgan fingerprint density at radius 3 is 2.60 bits per heavy atom. The maximum atomic E-state index is 12.1. The maximum absolute atomic E-state index is 12.1. The number of rotatable bonds is 8. The van der Waals surface area contributed by atoms with Gasteiger partial charge in [-0.1, -0.05) is 29.8 Å². The summed E-state index contributed by atoms with van der Waals surface area (Å²) in [4.78, 5) is 14.1. The topological polar surface area (TPSA) is 41.6 Å². The molecule has 0 heterocycles. The Balaban J connectivity index is 2.35. The minimum atomic E-state index is -0.127. The molecule has 0 aliphatic rings. The number of carbonyl (C=O) groups excluding carboxylic acids is 1. The van der Waals surface area contributed by atoms with Crippen molar-refractivity contribution in [1.82, 2.24) is 10.2 Å². The normalized spacial score (nSPS) is 12.4. The predicted octanol–water partition coefficient (Wildman–Crippen LogP) is 1.97. The predicted molar refractivity (Wildman–Crippen MR) is 81.6 cm³/mol. The van der Waals surface area contributed by atoms with Gasteiger partial charge in [0.25, 0.3) is 0 Å². The molecule has 112 valence electrons. The summed E-state index contributed by atoms with van der Waals surface area (Å²) >= 11 is 0. The van der Waals surface area contributed by atoms with Crippen molar-refractivity contribution in [3.63, 3.8) is 0 Å². The molecule has 0 fully saturated rings. The molecule has 1 rings (SSSR count). The molecule has 0 bridgehead atoms. The zero-order chi connectivity index (χ0) is 15.0. The van der Waals surface area contributed by atoms with Crippen LogP contribution in [0.3, 0.4) is 0 Å². The van der Waals surface area contributed by atoms with Gasteiger partial charge in [0.05, 0.1) is 6.04 Å². The number of nitrogens with one attached hydrogen (secondary N) is 1. The first-order valence-corrected chi connectivity index (χ1v) is 7.07. The summed E-state index contributed by atoms with van der Waals surface area (Å²) in [6.07, 6.45) is 0.933. The molecule has 4 heteroatoms. The van der Waals surface area contributed by atoms with Gasteiger partial charge in [-0.3, -0.25) is 9.69 Å². The Morgan fingerprint density at radius 2 is 2.00 bits per heavy atom. The lowest BCUT2D eigenvalue weighted by Crippen LogP contribution is -2.43. The number of amides is 1. The Morgan fingerprint density at radius 1 is 1.35 bits per heavy atom. The van der Waals surface area contributed by atoms with E-state index in [1.54, 1.807) is 7.11 Å². The summed E-state index contributed by atoms with van der Waals surface area (Å²) in [6, 6.07) is 8.08. The molecule has 1 aromatic rings. The van der Waals surface area contributed by atoms with Crippen LogP contribution in [0.4, 0.5) is 0 Å². The van der Waals surface area contributed by atoms with Crippen LogP contribution in [0.1, 0.15) is 24.5 Å². The average Bonchev–Trinajstić information content (AvgIpc) is 2.45. The highest BCUT2D eigenvalue weighted by Gasteiger charge is 2.16. The van der Waals surface area contributed by atoms with Crippen LogP contribution in [0.15, 0.2) is 24.3 Å². The highest BCUT2D eigenvalue weighted by molar-refractivity contribution is 5.81. The number of hydrogen-bond donors (Lipinski definition) is 1. The van der Waals surface area contributed by atoms with Crippen molar-refractivity contribution in [2.75, 3.05) is 27.3 Å². The molecular formula is C16H26N2O2. The monoisotopic (exact) mass is 278 g/mol. The number of carbonyl (C=O) groups is 1. The van der Waals surface area contributed by atoms with E-state index in [1.165, 1.54) is 5.56 Å². The van der Waals surface area contributed by atoms with Gasteiger partial charge in [0, 0.05) is 26.8 Å². The smallest absolute Gasteiger partial charge is 0.237 e. The summed E-state index contributed by atoms with van der Waals surface area (Å²) in [5, 5.41) is 2.98. The van der Waals surface area contributed by atoms with Crippen LogP contribution in [-0.2, 0) is 16.1 Å². The highest BCUT2D eigenvalue weighted by Crippen LogP contribution is 2.03.